The molecular weight excluding hydrogens is 257 g/mol. The zero-order valence-corrected chi connectivity index (χ0v) is 10.4. The molecule has 0 aromatic heterocycles. The number of rotatable bonds is 2. The molecule has 80 valence electrons. The standard InChI is InChI=1S/C11H13NO2Se/c1-11(2)7-14-10(12-11)8-5-3-4-6-9(8)15-13/h3-6,13H,7H2,1-2H3. The second-order valence-electron chi connectivity index (χ2n) is 4.11. The van der Waals surface area contributed by atoms with E-state index in [2.05, 4.69) is 4.99 Å². The fraction of sp³-hybridized carbons (Fsp3) is 0.364. The predicted octanol–water partition coefficient (Wildman–Crippen LogP) is 0.479. The van der Waals surface area contributed by atoms with Crippen LogP contribution in [-0.2, 0) is 4.74 Å². The van der Waals surface area contributed by atoms with Gasteiger partial charge in [-0.2, -0.15) is 0 Å². The van der Waals surface area contributed by atoms with Crippen LogP contribution in [-0.4, -0.2) is 37.5 Å². The van der Waals surface area contributed by atoms with E-state index in [4.69, 9.17) is 4.74 Å². The molecule has 0 bridgehead atoms. The van der Waals surface area contributed by atoms with Crippen LogP contribution in [0.3, 0.4) is 0 Å². The van der Waals surface area contributed by atoms with Crippen molar-refractivity contribution in [3.63, 3.8) is 0 Å². The van der Waals surface area contributed by atoms with Crippen molar-refractivity contribution in [1.82, 2.24) is 0 Å². The Labute approximate surface area is 95.7 Å². The number of hydrogen-bond acceptors (Lipinski definition) is 3. The second kappa shape index (κ2) is 3.97. The van der Waals surface area contributed by atoms with Gasteiger partial charge in [-0.15, -0.1) is 0 Å². The average molecular weight is 270 g/mol. The molecule has 0 amide bonds. The topological polar surface area (TPSA) is 41.8 Å². The molecule has 0 atom stereocenters. The maximum atomic E-state index is 9.26. The predicted molar refractivity (Wildman–Crippen MR) is 60.6 cm³/mol. The summed E-state index contributed by atoms with van der Waals surface area (Å²) in [6, 6.07) is 7.69. The van der Waals surface area contributed by atoms with Gasteiger partial charge in [0.2, 0.25) is 0 Å². The molecule has 0 saturated carbocycles. The summed E-state index contributed by atoms with van der Waals surface area (Å²) in [4.78, 5) is 4.49. The molecule has 1 heterocycles. The van der Waals surface area contributed by atoms with Crippen LogP contribution in [0.5, 0.6) is 0 Å². The first-order valence-corrected chi connectivity index (χ1v) is 6.38. The van der Waals surface area contributed by atoms with Crippen LogP contribution in [0.4, 0.5) is 0 Å². The van der Waals surface area contributed by atoms with Gasteiger partial charge in [-0.05, 0) is 0 Å². The summed E-state index contributed by atoms with van der Waals surface area (Å²) < 4.78 is 15.7. The molecular formula is C11H13NO2Se. The Hall–Kier alpha value is -0.831. The van der Waals surface area contributed by atoms with Crippen molar-refractivity contribution >= 4 is 25.6 Å². The number of benzene rings is 1. The molecule has 1 aliphatic heterocycles. The van der Waals surface area contributed by atoms with Crippen LogP contribution in [0.25, 0.3) is 0 Å². The summed E-state index contributed by atoms with van der Waals surface area (Å²) in [7, 11) is 0. The number of aliphatic imine (C=N–C) groups is 1. The zero-order valence-electron chi connectivity index (χ0n) is 8.73. The number of hydrogen-bond donors (Lipinski definition) is 1. The Kier molecular flexibility index (Phi) is 2.83. The van der Waals surface area contributed by atoms with Crippen molar-refractivity contribution in [3.8, 4) is 0 Å². The molecule has 15 heavy (non-hydrogen) atoms. The third-order valence-electron chi connectivity index (χ3n) is 2.18. The third kappa shape index (κ3) is 2.23. The molecule has 1 N–H and O–H groups in total. The third-order valence-corrected chi connectivity index (χ3v) is 3.34. The van der Waals surface area contributed by atoms with Crippen molar-refractivity contribution in [1.29, 1.82) is 0 Å². The van der Waals surface area contributed by atoms with E-state index in [1.807, 2.05) is 38.1 Å². The molecule has 4 heteroatoms. The van der Waals surface area contributed by atoms with Crippen LogP contribution in [0, 0.1) is 0 Å². The molecule has 0 unspecified atom stereocenters. The van der Waals surface area contributed by atoms with Gasteiger partial charge in [0.05, 0.1) is 0 Å². The summed E-state index contributed by atoms with van der Waals surface area (Å²) in [5.41, 5.74) is 0.774. The molecule has 1 aromatic carbocycles. The van der Waals surface area contributed by atoms with Crippen molar-refractivity contribution < 1.29 is 8.93 Å². The molecule has 0 fully saturated rings. The van der Waals surface area contributed by atoms with Crippen molar-refractivity contribution in [2.24, 2.45) is 4.99 Å². The Morgan fingerprint density at radius 3 is 2.73 bits per heavy atom. The summed E-state index contributed by atoms with van der Waals surface area (Å²) >= 11 is -0.519. The first kappa shape index (κ1) is 10.7. The van der Waals surface area contributed by atoms with Gasteiger partial charge in [-0.25, -0.2) is 0 Å². The first-order chi connectivity index (χ1) is 7.12. The maximum absolute atomic E-state index is 9.26. The Morgan fingerprint density at radius 2 is 2.13 bits per heavy atom. The van der Waals surface area contributed by atoms with E-state index in [0.717, 1.165) is 10.0 Å². The molecule has 0 aliphatic carbocycles. The van der Waals surface area contributed by atoms with E-state index in [-0.39, 0.29) is 5.54 Å². The van der Waals surface area contributed by atoms with E-state index in [1.54, 1.807) is 0 Å². The van der Waals surface area contributed by atoms with Gasteiger partial charge >= 0.3 is 95.4 Å². The monoisotopic (exact) mass is 271 g/mol. The van der Waals surface area contributed by atoms with Gasteiger partial charge < -0.3 is 0 Å². The Bertz CT molecular complexity index is 401. The normalized spacial score (nSPS) is 18.5. The van der Waals surface area contributed by atoms with Crippen molar-refractivity contribution in [3.05, 3.63) is 29.8 Å². The van der Waals surface area contributed by atoms with E-state index < -0.39 is 15.3 Å². The van der Waals surface area contributed by atoms with Gasteiger partial charge in [-0.1, -0.05) is 0 Å². The molecule has 1 aliphatic rings. The zero-order chi connectivity index (χ0) is 10.9. The van der Waals surface area contributed by atoms with Gasteiger partial charge in [-0.3, -0.25) is 0 Å². The molecule has 0 radical (unpaired) electrons. The fourth-order valence-corrected chi connectivity index (χ4v) is 2.27. The molecule has 3 nitrogen and oxygen atoms in total. The van der Waals surface area contributed by atoms with Crippen LogP contribution in [0.2, 0.25) is 0 Å². The van der Waals surface area contributed by atoms with E-state index in [1.165, 1.54) is 0 Å². The summed E-state index contributed by atoms with van der Waals surface area (Å²) in [6.45, 7) is 4.68. The van der Waals surface area contributed by atoms with Crippen LogP contribution in [0.15, 0.2) is 29.3 Å². The molecule has 0 spiro atoms. The van der Waals surface area contributed by atoms with E-state index >= 15 is 0 Å². The first-order valence-electron chi connectivity index (χ1n) is 4.76. The van der Waals surface area contributed by atoms with Gasteiger partial charge in [0, 0.05) is 0 Å². The summed E-state index contributed by atoms with van der Waals surface area (Å²) in [6.07, 6.45) is 0. The summed E-state index contributed by atoms with van der Waals surface area (Å²) in [5.74, 6) is 0.659. The van der Waals surface area contributed by atoms with Gasteiger partial charge in [0.25, 0.3) is 0 Å². The number of nitrogens with zero attached hydrogens (tertiary/aromatic N) is 1. The van der Waals surface area contributed by atoms with Crippen molar-refractivity contribution in [2.45, 2.75) is 19.4 Å². The van der Waals surface area contributed by atoms with Crippen LogP contribution in [0.1, 0.15) is 19.4 Å². The molecule has 1 aromatic rings. The van der Waals surface area contributed by atoms with E-state index in [0.29, 0.717) is 12.5 Å². The molecule has 2 rings (SSSR count). The van der Waals surface area contributed by atoms with Crippen LogP contribution < -0.4 is 4.46 Å². The minimum absolute atomic E-state index is 0.148. The van der Waals surface area contributed by atoms with Crippen LogP contribution >= 0.6 is 0 Å². The van der Waals surface area contributed by atoms with E-state index in [9.17, 15) is 4.19 Å². The average Bonchev–Trinajstić information content (AvgIpc) is 2.59. The van der Waals surface area contributed by atoms with Gasteiger partial charge in [0.1, 0.15) is 0 Å². The Morgan fingerprint density at radius 1 is 1.40 bits per heavy atom. The summed E-state index contributed by atoms with van der Waals surface area (Å²) in [5, 5.41) is 0. The second-order valence-corrected chi connectivity index (χ2v) is 5.41. The van der Waals surface area contributed by atoms with Crippen molar-refractivity contribution in [2.75, 3.05) is 6.61 Å². The molecule has 0 saturated heterocycles. The quantitative estimate of drug-likeness (QED) is 0.794. The van der Waals surface area contributed by atoms with Gasteiger partial charge in [0.15, 0.2) is 0 Å². The fourth-order valence-electron chi connectivity index (χ4n) is 1.45. The minimum atomic E-state index is -0.519. The number of ether oxygens (including phenoxy) is 1. The SMILES string of the molecule is CC1(C)COC(c2ccccc2[Se]O)=N1. The Balaban J connectivity index is 2.39.